The summed E-state index contributed by atoms with van der Waals surface area (Å²) in [5.41, 5.74) is 6.39. The fourth-order valence-corrected chi connectivity index (χ4v) is 1.43. The Morgan fingerprint density at radius 1 is 1.32 bits per heavy atom. The Balaban J connectivity index is 0.00000324. The Morgan fingerprint density at radius 3 is 2.53 bits per heavy atom. The van der Waals surface area contributed by atoms with E-state index in [9.17, 15) is 9.59 Å². The van der Waals surface area contributed by atoms with E-state index >= 15 is 0 Å². The van der Waals surface area contributed by atoms with Crippen molar-refractivity contribution in [3.8, 4) is 5.75 Å². The number of nitrogens with two attached hydrogens (primary N) is 1. The predicted molar refractivity (Wildman–Crippen MR) is 76.8 cm³/mol. The molecule has 0 aliphatic rings. The molecule has 0 radical (unpaired) electrons. The molecule has 0 spiro atoms. The van der Waals surface area contributed by atoms with Gasteiger partial charge in [-0.05, 0) is 18.2 Å². The minimum absolute atomic E-state index is 0. The maximum atomic E-state index is 11.5. The molecule has 0 fully saturated rings. The first kappa shape index (κ1) is 17.2. The minimum atomic E-state index is -0.198. The third-order valence-electron chi connectivity index (χ3n) is 2.17. The maximum absolute atomic E-state index is 11.5. The van der Waals surface area contributed by atoms with Gasteiger partial charge in [0.25, 0.3) is 0 Å². The van der Waals surface area contributed by atoms with Gasteiger partial charge in [0.15, 0.2) is 0 Å². The monoisotopic (exact) mass is 287 g/mol. The molecule has 0 aliphatic carbocycles. The summed E-state index contributed by atoms with van der Waals surface area (Å²) in [6, 6.07) is 5.00. The van der Waals surface area contributed by atoms with E-state index in [0.29, 0.717) is 17.1 Å². The van der Waals surface area contributed by atoms with Crippen LogP contribution in [-0.4, -0.2) is 25.5 Å². The van der Waals surface area contributed by atoms with Crippen molar-refractivity contribution in [1.82, 2.24) is 0 Å². The number of hydrogen-bond donors (Lipinski definition) is 3. The minimum Gasteiger partial charge on any atom is -0.495 e. The molecule has 0 saturated carbocycles. The summed E-state index contributed by atoms with van der Waals surface area (Å²) >= 11 is 0. The molecule has 0 bridgehead atoms. The van der Waals surface area contributed by atoms with Crippen LogP contribution < -0.4 is 21.1 Å². The maximum Gasteiger partial charge on any atom is 0.225 e. The average Bonchev–Trinajstić information content (AvgIpc) is 2.28. The highest BCUT2D eigenvalue weighted by Gasteiger charge is 2.08. The van der Waals surface area contributed by atoms with E-state index in [1.54, 1.807) is 18.2 Å². The molecule has 2 amide bonds. The number of halogens is 1. The second-order valence-corrected chi connectivity index (χ2v) is 3.68. The standard InChI is InChI=1S/C12H17N3O3.ClH/c1-8(16)14-9-3-4-11(18-2)10(7-9)15-12(17)5-6-13;/h3-4,7H,5-6,13H2,1-2H3,(H,14,16)(H,15,17);1H. The normalized spacial score (nSPS) is 9.21. The van der Waals surface area contributed by atoms with Crippen LogP contribution in [0.4, 0.5) is 11.4 Å². The van der Waals surface area contributed by atoms with E-state index in [0.717, 1.165) is 0 Å². The number of ether oxygens (including phenoxy) is 1. The highest BCUT2D eigenvalue weighted by molar-refractivity contribution is 5.94. The number of methoxy groups -OCH3 is 1. The smallest absolute Gasteiger partial charge is 0.225 e. The molecule has 0 saturated heterocycles. The molecule has 0 aromatic heterocycles. The summed E-state index contributed by atoms with van der Waals surface area (Å²) in [6.07, 6.45) is 0.230. The number of amides is 2. The lowest BCUT2D eigenvalue weighted by Crippen LogP contribution is -2.17. The van der Waals surface area contributed by atoms with E-state index in [4.69, 9.17) is 10.5 Å². The van der Waals surface area contributed by atoms with Gasteiger partial charge in [0, 0.05) is 25.6 Å². The zero-order valence-electron chi connectivity index (χ0n) is 10.9. The SMILES string of the molecule is COc1ccc(NC(C)=O)cc1NC(=O)CCN.Cl. The molecule has 0 aliphatic heterocycles. The molecule has 6 nitrogen and oxygen atoms in total. The van der Waals surface area contributed by atoms with Gasteiger partial charge in [0.05, 0.1) is 12.8 Å². The summed E-state index contributed by atoms with van der Waals surface area (Å²) in [5.74, 6) is 0.143. The van der Waals surface area contributed by atoms with Gasteiger partial charge in [0.2, 0.25) is 11.8 Å². The van der Waals surface area contributed by atoms with Crippen LogP contribution in [0, 0.1) is 0 Å². The highest BCUT2D eigenvalue weighted by Crippen LogP contribution is 2.27. The topological polar surface area (TPSA) is 93.5 Å². The lowest BCUT2D eigenvalue weighted by molar-refractivity contribution is -0.116. The van der Waals surface area contributed by atoms with Gasteiger partial charge in [-0.2, -0.15) is 0 Å². The molecule has 1 aromatic carbocycles. The number of carbonyl (C=O) groups is 2. The molecule has 0 heterocycles. The molecule has 106 valence electrons. The molecule has 1 aromatic rings. The van der Waals surface area contributed by atoms with Gasteiger partial charge in [-0.3, -0.25) is 9.59 Å². The third-order valence-corrected chi connectivity index (χ3v) is 2.17. The van der Waals surface area contributed by atoms with Crippen LogP contribution in [0.2, 0.25) is 0 Å². The highest BCUT2D eigenvalue weighted by atomic mass is 35.5. The van der Waals surface area contributed by atoms with Crippen LogP contribution in [0.1, 0.15) is 13.3 Å². The molecule has 0 unspecified atom stereocenters. The van der Waals surface area contributed by atoms with Crippen LogP contribution >= 0.6 is 12.4 Å². The van der Waals surface area contributed by atoms with Crippen LogP contribution in [-0.2, 0) is 9.59 Å². The van der Waals surface area contributed by atoms with E-state index in [-0.39, 0.29) is 37.2 Å². The molecule has 0 atom stereocenters. The summed E-state index contributed by atoms with van der Waals surface area (Å²) < 4.78 is 5.13. The van der Waals surface area contributed by atoms with Crippen LogP contribution in [0.15, 0.2) is 18.2 Å². The number of nitrogens with one attached hydrogen (secondary N) is 2. The third kappa shape index (κ3) is 5.58. The van der Waals surface area contributed by atoms with E-state index in [1.165, 1.54) is 14.0 Å². The van der Waals surface area contributed by atoms with Gasteiger partial charge >= 0.3 is 0 Å². The number of hydrogen-bond acceptors (Lipinski definition) is 4. The Morgan fingerprint density at radius 2 is 2.00 bits per heavy atom. The first-order valence-electron chi connectivity index (χ1n) is 5.52. The number of benzene rings is 1. The Hall–Kier alpha value is -1.79. The predicted octanol–water partition coefficient (Wildman–Crippen LogP) is 1.36. The van der Waals surface area contributed by atoms with Gasteiger partial charge in [-0.1, -0.05) is 0 Å². The Bertz CT molecular complexity index is 452. The van der Waals surface area contributed by atoms with Gasteiger partial charge in [-0.25, -0.2) is 0 Å². The Labute approximate surface area is 118 Å². The van der Waals surface area contributed by atoms with Gasteiger partial charge in [0.1, 0.15) is 5.75 Å². The van der Waals surface area contributed by atoms with Crippen molar-refractivity contribution >= 4 is 35.6 Å². The average molecular weight is 288 g/mol. The summed E-state index contributed by atoms with van der Waals surface area (Å²) in [5, 5.41) is 5.31. The molecular weight excluding hydrogens is 270 g/mol. The first-order valence-corrected chi connectivity index (χ1v) is 5.52. The number of rotatable bonds is 5. The van der Waals surface area contributed by atoms with Crippen molar-refractivity contribution in [3.05, 3.63) is 18.2 Å². The van der Waals surface area contributed by atoms with E-state index in [1.807, 2.05) is 0 Å². The van der Waals surface area contributed by atoms with E-state index < -0.39 is 0 Å². The first-order chi connectivity index (χ1) is 8.56. The summed E-state index contributed by atoms with van der Waals surface area (Å²) in [7, 11) is 1.51. The number of anilines is 2. The van der Waals surface area contributed by atoms with Crippen molar-refractivity contribution in [3.63, 3.8) is 0 Å². The molecule has 7 heteroatoms. The molecular formula is C12H18ClN3O3. The van der Waals surface area contributed by atoms with Crippen molar-refractivity contribution in [2.45, 2.75) is 13.3 Å². The summed E-state index contributed by atoms with van der Waals surface area (Å²) in [4.78, 5) is 22.4. The number of carbonyl (C=O) groups excluding carboxylic acids is 2. The van der Waals surface area contributed by atoms with Crippen molar-refractivity contribution < 1.29 is 14.3 Å². The van der Waals surface area contributed by atoms with Crippen LogP contribution in [0.5, 0.6) is 5.75 Å². The lowest BCUT2D eigenvalue weighted by atomic mass is 10.2. The van der Waals surface area contributed by atoms with Gasteiger partial charge < -0.3 is 21.1 Å². The lowest BCUT2D eigenvalue weighted by Gasteiger charge is -2.12. The second-order valence-electron chi connectivity index (χ2n) is 3.68. The summed E-state index contributed by atoms with van der Waals surface area (Å²) in [6.45, 7) is 1.69. The molecule has 19 heavy (non-hydrogen) atoms. The van der Waals surface area contributed by atoms with Gasteiger partial charge in [-0.15, -0.1) is 12.4 Å². The fourth-order valence-electron chi connectivity index (χ4n) is 1.43. The molecule has 1 rings (SSSR count). The van der Waals surface area contributed by atoms with Crippen LogP contribution in [0.3, 0.4) is 0 Å². The van der Waals surface area contributed by atoms with Crippen LogP contribution in [0.25, 0.3) is 0 Å². The Kier molecular flexibility index (Phi) is 7.55. The molecule has 4 N–H and O–H groups in total. The quantitative estimate of drug-likeness (QED) is 0.762. The van der Waals surface area contributed by atoms with E-state index in [2.05, 4.69) is 10.6 Å². The fraction of sp³-hybridized carbons (Fsp3) is 0.333. The van der Waals surface area contributed by atoms with Crippen molar-refractivity contribution in [1.29, 1.82) is 0 Å². The van der Waals surface area contributed by atoms with Crippen molar-refractivity contribution in [2.24, 2.45) is 5.73 Å². The van der Waals surface area contributed by atoms with Crippen molar-refractivity contribution in [2.75, 3.05) is 24.3 Å². The zero-order chi connectivity index (χ0) is 13.5. The zero-order valence-corrected chi connectivity index (χ0v) is 11.7. The second kappa shape index (κ2) is 8.34. The largest absolute Gasteiger partial charge is 0.495 e.